The number of aliphatic hydroxyl groups is 1. The summed E-state index contributed by atoms with van der Waals surface area (Å²) >= 11 is 0. The second kappa shape index (κ2) is 2.48. The predicted octanol–water partition coefficient (Wildman–Crippen LogP) is 0.963. The molecule has 3 nitrogen and oxygen atoms in total. The van der Waals surface area contributed by atoms with Gasteiger partial charge in [0.05, 0.1) is 5.60 Å². The maximum Gasteiger partial charge on any atom is 0.180 e. The minimum absolute atomic E-state index is 0.00463. The lowest BCUT2D eigenvalue weighted by Gasteiger charge is -2.25. The van der Waals surface area contributed by atoms with Crippen molar-refractivity contribution in [2.75, 3.05) is 0 Å². The molecule has 1 rings (SSSR count). The molecule has 1 aliphatic rings. The van der Waals surface area contributed by atoms with Crippen molar-refractivity contribution in [3.8, 4) is 0 Å². The van der Waals surface area contributed by atoms with E-state index in [1.165, 1.54) is 0 Å². The zero-order valence-electron chi connectivity index (χ0n) is 7.46. The van der Waals surface area contributed by atoms with E-state index in [-0.39, 0.29) is 12.1 Å². The molecule has 2 atom stereocenters. The minimum atomic E-state index is -0.781. The van der Waals surface area contributed by atoms with E-state index < -0.39 is 5.60 Å². The van der Waals surface area contributed by atoms with Crippen LogP contribution >= 0.6 is 0 Å². The maximum absolute atomic E-state index is 9.62. The lowest BCUT2D eigenvalue weighted by Crippen LogP contribution is -2.40. The van der Waals surface area contributed by atoms with Gasteiger partial charge in [-0.2, -0.15) is 0 Å². The molecule has 64 valence electrons. The molecule has 0 aromatic heterocycles. The zero-order chi connectivity index (χ0) is 8.65. The van der Waals surface area contributed by atoms with Gasteiger partial charge in [0.25, 0.3) is 0 Å². The van der Waals surface area contributed by atoms with E-state index >= 15 is 0 Å². The summed E-state index contributed by atoms with van der Waals surface area (Å²) in [5, 5.41) is 9.62. The molecule has 0 aromatic rings. The molecule has 1 aliphatic heterocycles. The van der Waals surface area contributed by atoms with Crippen LogP contribution in [0.2, 0.25) is 0 Å². The quantitative estimate of drug-likeness (QED) is 0.616. The molecule has 11 heavy (non-hydrogen) atoms. The summed E-state index contributed by atoms with van der Waals surface area (Å²) in [6, 6.07) is -0.123. The molecule has 0 aromatic carbocycles. The molecule has 0 radical (unpaired) electrons. The van der Waals surface area contributed by atoms with Gasteiger partial charge in [0.2, 0.25) is 0 Å². The number of ether oxygens (including phenoxy) is 1. The van der Waals surface area contributed by atoms with Crippen molar-refractivity contribution in [2.24, 2.45) is 4.99 Å². The summed E-state index contributed by atoms with van der Waals surface area (Å²) in [5.41, 5.74) is -0.781. The van der Waals surface area contributed by atoms with Crippen LogP contribution in [0.25, 0.3) is 0 Å². The topological polar surface area (TPSA) is 41.8 Å². The van der Waals surface area contributed by atoms with Gasteiger partial charge < -0.3 is 9.84 Å². The third-order valence-electron chi connectivity index (χ3n) is 1.85. The summed E-state index contributed by atoms with van der Waals surface area (Å²) in [6.07, 6.45) is -0.00463. The van der Waals surface area contributed by atoms with Crippen LogP contribution < -0.4 is 0 Å². The highest BCUT2D eigenvalue weighted by molar-refractivity contribution is 5.75. The number of nitrogens with zero attached hydrogens (tertiary/aromatic N) is 1. The number of rotatable bonds is 1. The van der Waals surface area contributed by atoms with E-state index in [2.05, 4.69) is 4.99 Å². The second-order valence-corrected chi connectivity index (χ2v) is 3.57. The van der Waals surface area contributed by atoms with E-state index in [1.807, 2.05) is 13.8 Å². The van der Waals surface area contributed by atoms with Crippen molar-refractivity contribution in [1.82, 2.24) is 0 Å². The van der Waals surface area contributed by atoms with Gasteiger partial charge >= 0.3 is 0 Å². The van der Waals surface area contributed by atoms with Crippen LogP contribution in [0, 0.1) is 0 Å². The first-order chi connectivity index (χ1) is 4.91. The highest BCUT2D eigenvalue weighted by Gasteiger charge is 2.36. The fraction of sp³-hybridized carbons (Fsp3) is 0.875. The van der Waals surface area contributed by atoms with E-state index in [0.29, 0.717) is 5.90 Å². The van der Waals surface area contributed by atoms with Crippen molar-refractivity contribution in [1.29, 1.82) is 0 Å². The Bertz CT molecular complexity index is 181. The van der Waals surface area contributed by atoms with Gasteiger partial charge in [-0.25, -0.2) is 4.99 Å². The van der Waals surface area contributed by atoms with Crippen LogP contribution in [0.5, 0.6) is 0 Å². The van der Waals surface area contributed by atoms with Crippen LogP contribution in [-0.2, 0) is 4.74 Å². The zero-order valence-corrected chi connectivity index (χ0v) is 7.46. The molecular weight excluding hydrogens is 142 g/mol. The number of aliphatic imine (C=N–C) groups is 1. The van der Waals surface area contributed by atoms with Gasteiger partial charge in [0.15, 0.2) is 5.90 Å². The van der Waals surface area contributed by atoms with Gasteiger partial charge in [-0.1, -0.05) is 0 Å². The summed E-state index contributed by atoms with van der Waals surface area (Å²) < 4.78 is 5.29. The first-order valence-electron chi connectivity index (χ1n) is 3.84. The third-order valence-corrected chi connectivity index (χ3v) is 1.85. The molecule has 1 N–H and O–H groups in total. The van der Waals surface area contributed by atoms with Crippen LogP contribution in [-0.4, -0.2) is 28.8 Å². The van der Waals surface area contributed by atoms with E-state index in [1.54, 1.807) is 13.8 Å². The lowest BCUT2D eigenvalue weighted by atomic mass is 9.96. The first-order valence-corrected chi connectivity index (χ1v) is 3.84. The van der Waals surface area contributed by atoms with Gasteiger partial charge in [0.1, 0.15) is 12.1 Å². The standard InChI is InChI=1S/C8H15NO2/c1-5-7(8(3,4)10)9-6(2)11-5/h5,7,10H,1-4H3/t5-,7-/m0/s1. The fourth-order valence-corrected chi connectivity index (χ4v) is 1.40. The molecular formula is C8H15NO2. The Morgan fingerprint density at radius 3 is 2.27 bits per heavy atom. The summed E-state index contributed by atoms with van der Waals surface area (Å²) in [4.78, 5) is 4.19. The number of hydrogen-bond donors (Lipinski definition) is 1. The van der Waals surface area contributed by atoms with Crippen LogP contribution in [0.15, 0.2) is 4.99 Å². The average molecular weight is 157 g/mol. The van der Waals surface area contributed by atoms with Crippen LogP contribution in [0.3, 0.4) is 0 Å². The highest BCUT2D eigenvalue weighted by Crippen LogP contribution is 2.23. The Labute approximate surface area is 67.1 Å². The first kappa shape index (κ1) is 8.53. The fourth-order valence-electron chi connectivity index (χ4n) is 1.40. The van der Waals surface area contributed by atoms with Gasteiger partial charge in [-0.3, -0.25) is 0 Å². The molecule has 0 unspecified atom stereocenters. The minimum Gasteiger partial charge on any atom is -0.476 e. The molecule has 0 bridgehead atoms. The number of hydrogen-bond acceptors (Lipinski definition) is 3. The van der Waals surface area contributed by atoms with Crippen molar-refractivity contribution in [3.63, 3.8) is 0 Å². The van der Waals surface area contributed by atoms with E-state index in [9.17, 15) is 5.11 Å². The van der Waals surface area contributed by atoms with E-state index in [4.69, 9.17) is 4.74 Å². The predicted molar refractivity (Wildman–Crippen MR) is 43.7 cm³/mol. The lowest BCUT2D eigenvalue weighted by molar-refractivity contribution is 0.0214. The molecule has 1 heterocycles. The Hall–Kier alpha value is -0.570. The second-order valence-electron chi connectivity index (χ2n) is 3.57. The Kier molecular flexibility index (Phi) is 1.92. The maximum atomic E-state index is 9.62. The van der Waals surface area contributed by atoms with Gasteiger partial charge in [-0.15, -0.1) is 0 Å². The molecule has 0 saturated carbocycles. The van der Waals surface area contributed by atoms with E-state index in [0.717, 1.165) is 0 Å². The molecule has 0 spiro atoms. The largest absolute Gasteiger partial charge is 0.476 e. The molecule has 0 saturated heterocycles. The SMILES string of the molecule is CC1=N[C@H](C(C)(C)O)[C@H](C)O1. The smallest absolute Gasteiger partial charge is 0.180 e. The normalized spacial score (nSPS) is 31.5. The summed E-state index contributed by atoms with van der Waals surface area (Å²) in [7, 11) is 0. The summed E-state index contributed by atoms with van der Waals surface area (Å²) in [5.74, 6) is 0.671. The Morgan fingerprint density at radius 1 is 1.55 bits per heavy atom. The Balaban J connectivity index is 2.74. The van der Waals surface area contributed by atoms with Crippen molar-refractivity contribution in [2.45, 2.75) is 45.4 Å². The van der Waals surface area contributed by atoms with Crippen molar-refractivity contribution in [3.05, 3.63) is 0 Å². The summed E-state index contributed by atoms with van der Waals surface area (Å²) in [6.45, 7) is 7.23. The molecule has 0 amide bonds. The average Bonchev–Trinajstić information content (AvgIpc) is 2.08. The molecule has 0 aliphatic carbocycles. The van der Waals surface area contributed by atoms with Crippen molar-refractivity contribution < 1.29 is 9.84 Å². The monoisotopic (exact) mass is 157 g/mol. The van der Waals surface area contributed by atoms with Gasteiger partial charge in [0, 0.05) is 6.92 Å². The third kappa shape index (κ3) is 1.71. The van der Waals surface area contributed by atoms with Crippen LogP contribution in [0.4, 0.5) is 0 Å². The Morgan fingerprint density at radius 2 is 2.09 bits per heavy atom. The molecule has 3 heteroatoms. The van der Waals surface area contributed by atoms with Crippen LogP contribution in [0.1, 0.15) is 27.7 Å². The molecule has 0 fully saturated rings. The highest BCUT2D eigenvalue weighted by atomic mass is 16.5. The van der Waals surface area contributed by atoms with Gasteiger partial charge in [-0.05, 0) is 20.8 Å². The van der Waals surface area contributed by atoms with Crippen molar-refractivity contribution >= 4 is 5.90 Å².